The smallest absolute Gasteiger partial charge is 0.331 e. The topological polar surface area (TPSA) is 103 Å². The zero-order chi connectivity index (χ0) is 15.0. The van der Waals surface area contributed by atoms with Crippen molar-refractivity contribution in [3.05, 3.63) is 22.2 Å². The summed E-state index contributed by atoms with van der Waals surface area (Å²) in [7, 11) is 0. The molecule has 0 aliphatic rings. The summed E-state index contributed by atoms with van der Waals surface area (Å²) in [5.74, 6) is 5.99. The molecule has 0 aromatic carbocycles. The predicted octanol–water partition coefficient (Wildman–Crippen LogP) is 2.87. The van der Waals surface area contributed by atoms with Crippen LogP contribution in [0.25, 0.3) is 0 Å². The Morgan fingerprint density at radius 3 is 2.80 bits per heavy atom. The average molecular weight is 282 g/mol. The highest BCUT2D eigenvalue weighted by Gasteiger charge is 2.19. The summed E-state index contributed by atoms with van der Waals surface area (Å²) >= 11 is 0. The number of hydrogen-bond acceptors (Lipinski definition) is 6. The van der Waals surface area contributed by atoms with Gasteiger partial charge in [0.1, 0.15) is 5.82 Å². The molecule has 7 heteroatoms. The number of rotatable bonds is 9. The van der Waals surface area contributed by atoms with Crippen molar-refractivity contribution in [3.8, 4) is 5.88 Å². The number of unbranched alkanes of at least 4 members (excludes halogenated alkanes) is 1. The lowest BCUT2D eigenvalue weighted by atomic mass is 10.0. The molecule has 0 aliphatic carbocycles. The van der Waals surface area contributed by atoms with E-state index in [-0.39, 0.29) is 11.6 Å². The second-order valence-corrected chi connectivity index (χ2v) is 4.65. The van der Waals surface area contributed by atoms with Crippen LogP contribution in [0.3, 0.4) is 0 Å². The maximum absolute atomic E-state index is 10.9. The normalized spacial score (nSPS) is 11.9. The highest BCUT2D eigenvalue weighted by Crippen LogP contribution is 2.27. The van der Waals surface area contributed by atoms with Crippen molar-refractivity contribution in [1.82, 2.24) is 4.98 Å². The van der Waals surface area contributed by atoms with E-state index in [1.165, 1.54) is 12.1 Å². The fourth-order valence-electron chi connectivity index (χ4n) is 1.85. The molecule has 1 unspecified atom stereocenters. The van der Waals surface area contributed by atoms with E-state index in [0.29, 0.717) is 18.3 Å². The van der Waals surface area contributed by atoms with Crippen LogP contribution in [0.15, 0.2) is 12.1 Å². The standard InChI is InChI=1S/C13H22N4O3/c1-3-5-6-10(4-2)9-20-13-11(17(18)19)7-8-12(15-13)16-14/h7-8,10H,3-6,9,14H2,1-2H3,(H,15,16). The molecule has 112 valence electrons. The van der Waals surface area contributed by atoms with Crippen molar-refractivity contribution in [2.24, 2.45) is 11.8 Å². The van der Waals surface area contributed by atoms with E-state index in [1.807, 2.05) is 0 Å². The zero-order valence-electron chi connectivity index (χ0n) is 12.0. The molecule has 0 saturated carbocycles. The summed E-state index contributed by atoms with van der Waals surface area (Å²) in [5.41, 5.74) is 2.21. The number of hydrogen-bond donors (Lipinski definition) is 2. The van der Waals surface area contributed by atoms with E-state index in [0.717, 1.165) is 25.7 Å². The van der Waals surface area contributed by atoms with E-state index in [9.17, 15) is 10.1 Å². The Morgan fingerprint density at radius 2 is 2.25 bits per heavy atom. The van der Waals surface area contributed by atoms with E-state index in [4.69, 9.17) is 10.6 Å². The van der Waals surface area contributed by atoms with Crippen molar-refractivity contribution >= 4 is 11.5 Å². The third kappa shape index (κ3) is 4.65. The van der Waals surface area contributed by atoms with Gasteiger partial charge < -0.3 is 10.2 Å². The molecule has 1 atom stereocenters. The third-order valence-corrected chi connectivity index (χ3v) is 3.18. The molecule has 1 aromatic rings. The van der Waals surface area contributed by atoms with Crippen LogP contribution in [0.2, 0.25) is 0 Å². The number of anilines is 1. The first kappa shape index (κ1) is 16.2. The van der Waals surface area contributed by atoms with Crippen LogP contribution < -0.4 is 16.0 Å². The van der Waals surface area contributed by atoms with Crippen LogP contribution in [0.4, 0.5) is 11.5 Å². The second-order valence-electron chi connectivity index (χ2n) is 4.65. The number of ether oxygens (including phenoxy) is 1. The van der Waals surface area contributed by atoms with Gasteiger partial charge in [-0.2, -0.15) is 4.98 Å². The lowest BCUT2D eigenvalue weighted by Gasteiger charge is -2.15. The molecule has 7 nitrogen and oxygen atoms in total. The summed E-state index contributed by atoms with van der Waals surface area (Å²) in [6, 6.07) is 2.78. The summed E-state index contributed by atoms with van der Waals surface area (Å²) in [6.45, 7) is 4.65. The molecule has 0 bridgehead atoms. The van der Waals surface area contributed by atoms with Crippen molar-refractivity contribution in [1.29, 1.82) is 0 Å². The van der Waals surface area contributed by atoms with Crippen molar-refractivity contribution in [2.45, 2.75) is 39.5 Å². The number of aromatic nitrogens is 1. The number of nitrogens with one attached hydrogen (secondary N) is 1. The molecule has 0 fully saturated rings. The molecule has 20 heavy (non-hydrogen) atoms. The quantitative estimate of drug-likeness (QED) is 0.410. The lowest BCUT2D eigenvalue weighted by Crippen LogP contribution is -2.14. The second kappa shape index (κ2) is 8.31. The first-order valence-corrected chi connectivity index (χ1v) is 6.87. The summed E-state index contributed by atoms with van der Waals surface area (Å²) in [6.07, 6.45) is 4.28. The maximum atomic E-state index is 10.9. The van der Waals surface area contributed by atoms with Crippen LogP contribution in [0.5, 0.6) is 5.88 Å². The van der Waals surface area contributed by atoms with Crippen molar-refractivity contribution < 1.29 is 9.66 Å². The number of nitrogens with zero attached hydrogens (tertiary/aromatic N) is 2. The monoisotopic (exact) mass is 282 g/mol. The number of hydrazine groups is 1. The Bertz CT molecular complexity index is 440. The fraction of sp³-hybridized carbons (Fsp3) is 0.615. The summed E-state index contributed by atoms with van der Waals surface area (Å²) < 4.78 is 5.54. The van der Waals surface area contributed by atoms with Gasteiger partial charge in [-0.05, 0) is 18.4 Å². The van der Waals surface area contributed by atoms with Gasteiger partial charge in [0.15, 0.2) is 0 Å². The number of pyridine rings is 1. The highest BCUT2D eigenvalue weighted by atomic mass is 16.6. The first-order valence-electron chi connectivity index (χ1n) is 6.87. The van der Waals surface area contributed by atoms with Crippen LogP contribution in [-0.2, 0) is 0 Å². The summed E-state index contributed by atoms with van der Waals surface area (Å²) in [5, 5.41) is 10.9. The van der Waals surface area contributed by atoms with Gasteiger partial charge in [0.2, 0.25) is 0 Å². The average Bonchev–Trinajstić information content (AvgIpc) is 2.47. The number of nitrogens with two attached hydrogens (primary N) is 1. The highest BCUT2D eigenvalue weighted by molar-refractivity contribution is 5.48. The Balaban J connectivity index is 2.76. The SMILES string of the molecule is CCCCC(CC)COc1nc(NN)ccc1[N+](=O)[O-]. The number of nitro groups is 1. The minimum Gasteiger partial charge on any atom is -0.472 e. The molecular weight excluding hydrogens is 260 g/mol. The van der Waals surface area contributed by atoms with Gasteiger partial charge in [-0.1, -0.05) is 33.1 Å². The van der Waals surface area contributed by atoms with Gasteiger partial charge in [-0.3, -0.25) is 10.1 Å². The number of nitrogen functional groups attached to an aromatic ring is 1. The Morgan fingerprint density at radius 1 is 1.50 bits per heavy atom. The predicted molar refractivity (Wildman–Crippen MR) is 77.5 cm³/mol. The zero-order valence-corrected chi connectivity index (χ0v) is 12.0. The summed E-state index contributed by atoms with van der Waals surface area (Å²) in [4.78, 5) is 14.4. The molecule has 0 spiro atoms. The van der Waals surface area contributed by atoms with Crippen LogP contribution >= 0.6 is 0 Å². The van der Waals surface area contributed by atoms with E-state index in [1.54, 1.807) is 0 Å². The Labute approximate surface area is 118 Å². The van der Waals surface area contributed by atoms with Gasteiger partial charge in [0, 0.05) is 6.07 Å². The largest absolute Gasteiger partial charge is 0.472 e. The molecule has 1 heterocycles. The Kier molecular flexibility index (Phi) is 6.72. The third-order valence-electron chi connectivity index (χ3n) is 3.18. The van der Waals surface area contributed by atoms with Gasteiger partial charge in [-0.25, -0.2) is 5.84 Å². The van der Waals surface area contributed by atoms with Gasteiger partial charge in [0.05, 0.1) is 11.5 Å². The van der Waals surface area contributed by atoms with Crippen LogP contribution in [0.1, 0.15) is 39.5 Å². The minimum atomic E-state index is -0.504. The van der Waals surface area contributed by atoms with E-state index in [2.05, 4.69) is 24.3 Å². The molecular formula is C13H22N4O3. The van der Waals surface area contributed by atoms with Crippen molar-refractivity contribution in [3.63, 3.8) is 0 Å². The fourth-order valence-corrected chi connectivity index (χ4v) is 1.85. The molecule has 0 saturated heterocycles. The molecule has 1 rings (SSSR count). The van der Waals surface area contributed by atoms with Crippen LogP contribution in [-0.4, -0.2) is 16.5 Å². The van der Waals surface area contributed by atoms with Gasteiger partial charge >= 0.3 is 5.69 Å². The lowest BCUT2D eigenvalue weighted by molar-refractivity contribution is -0.386. The minimum absolute atomic E-state index is 0.0143. The molecule has 0 aliphatic heterocycles. The Hall–Kier alpha value is -1.89. The van der Waals surface area contributed by atoms with Gasteiger partial charge in [-0.15, -0.1) is 0 Å². The molecule has 0 radical (unpaired) electrons. The molecule has 1 aromatic heterocycles. The van der Waals surface area contributed by atoms with E-state index >= 15 is 0 Å². The molecule has 3 N–H and O–H groups in total. The van der Waals surface area contributed by atoms with Crippen LogP contribution in [0, 0.1) is 16.0 Å². The molecule has 0 amide bonds. The maximum Gasteiger partial charge on any atom is 0.331 e. The van der Waals surface area contributed by atoms with E-state index < -0.39 is 4.92 Å². The first-order chi connectivity index (χ1) is 9.62. The van der Waals surface area contributed by atoms with Crippen molar-refractivity contribution in [2.75, 3.05) is 12.0 Å². The van der Waals surface area contributed by atoms with Gasteiger partial charge in [0.25, 0.3) is 5.88 Å².